The van der Waals surface area contributed by atoms with Crippen LogP contribution in [0.4, 0.5) is 22.1 Å². The van der Waals surface area contributed by atoms with Gasteiger partial charge in [0.1, 0.15) is 5.60 Å². The summed E-state index contributed by atoms with van der Waals surface area (Å²) in [5.74, 6) is 0. The number of amides is 1. The van der Waals surface area contributed by atoms with Crippen LogP contribution >= 0.6 is 0 Å². The van der Waals surface area contributed by atoms with Gasteiger partial charge >= 0.3 is 64.5 Å². The molecule has 1 saturated carbocycles. The predicted octanol–water partition coefficient (Wildman–Crippen LogP) is 0.506. The number of hydrogen-bond acceptors (Lipinski definition) is 2. The number of ether oxygens (including phenoxy) is 1. The Morgan fingerprint density at radius 1 is 1.19 bits per heavy atom. The second-order valence-electron chi connectivity index (χ2n) is 6.86. The molecule has 1 saturated heterocycles. The van der Waals surface area contributed by atoms with E-state index in [2.05, 4.69) is 0 Å². The van der Waals surface area contributed by atoms with Gasteiger partial charge in [0.25, 0.3) is 0 Å². The second-order valence-corrected chi connectivity index (χ2v) is 6.86. The number of carbonyl (C=O) groups is 1. The Bertz CT molecular complexity index is 418. The van der Waals surface area contributed by atoms with E-state index in [1.54, 1.807) is 20.8 Å². The van der Waals surface area contributed by atoms with Crippen LogP contribution in [0.5, 0.6) is 0 Å². The SMILES string of the molecule is CC(C)(C)OC(=O)N1CCC2(CC1)CC2(F)[B-](F)(F)F.[K+]. The van der Waals surface area contributed by atoms with Crippen LogP contribution in [0.25, 0.3) is 0 Å². The summed E-state index contributed by atoms with van der Waals surface area (Å²) in [4.78, 5) is 13.2. The van der Waals surface area contributed by atoms with E-state index in [1.807, 2.05) is 0 Å². The number of carbonyl (C=O) groups excluding carboxylic acids is 1. The average Bonchev–Trinajstić information content (AvgIpc) is 2.82. The summed E-state index contributed by atoms with van der Waals surface area (Å²) in [6.07, 6.45) is -0.908. The van der Waals surface area contributed by atoms with Crippen LogP contribution in [0.15, 0.2) is 0 Å². The molecule has 0 aromatic heterocycles. The first-order valence-corrected chi connectivity index (χ1v) is 6.76. The molecule has 1 atom stereocenters. The van der Waals surface area contributed by atoms with E-state index in [0.717, 1.165) is 0 Å². The zero-order valence-corrected chi connectivity index (χ0v) is 16.0. The summed E-state index contributed by atoms with van der Waals surface area (Å²) in [5, 5.41) is 0. The first-order valence-electron chi connectivity index (χ1n) is 6.76. The molecule has 116 valence electrons. The molecule has 0 aromatic carbocycles. The monoisotopic (exact) mass is 335 g/mol. The van der Waals surface area contributed by atoms with Gasteiger partial charge in [-0.1, -0.05) is 0 Å². The largest absolute Gasteiger partial charge is 1.00 e. The molecule has 1 spiro atoms. The molecule has 0 bridgehead atoms. The zero-order chi connectivity index (χ0) is 15.4. The Kier molecular flexibility index (Phi) is 5.60. The van der Waals surface area contributed by atoms with Gasteiger partial charge in [0.2, 0.25) is 0 Å². The van der Waals surface area contributed by atoms with Crippen molar-refractivity contribution >= 4 is 13.1 Å². The summed E-state index contributed by atoms with van der Waals surface area (Å²) in [6.45, 7) is -0.0931. The third-order valence-corrected chi connectivity index (χ3v) is 4.24. The van der Waals surface area contributed by atoms with E-state index in [0.29, 0.717) is 0 Å². The fraction of sp³-hybridized carbons (Fsp3) is 0.917. The van der Waals surface area contributed by atoms with E-state index in [1.165, 1.54) is 4.90 Å². The van der Waals surface area contributed by atoms with Crippen LogP contribution in [-0.2, 0) is 4.74 Å². The van der Waals surface area contributed by atoms with Crippen molar-refractivity contribution in [3.8, 4) is 0 Å². The van der Waals surface area contributed by atoms with Crippen LogP contribution in [0.2, 0.25) is 0 Å². The maximum atomic E-state index is 13.9. The van der Waals surface area contributed by atoms with Gasteiger partial charge in [-0.05, 0) is 45.4 Å². The predicted molar refractivity (Wildman–Crippen MR) is 67.0 cm³/mol. The third-order valence-electron chi connectivity index (χ3n) is 4.24. The van der Waals surface area contributed by atoms with Crippen LogP contribution in [0, 0.1) is 5.41 Å². The number of alkyl halides is 1. The number of hydrogen-bond donors (Lipinski definition) is 0. The first kappa shape index (κ1) is 19.7. The van der Waals surface area contributed by atoms with Crippen molar-refractivity contribution in [3.63, 3.8) is 0 Å². The summed E-state index contributed by atoms with van der Waals surface area (Å²) < 4.78 is 57.2. The molecule has 1 amide bonds. The normalized spacial score (nSPS) is 28.0. The molecule has 0 radical (unpaired) electrons. The van der Waals surface area contributed by atoms with Crippen LogP contribution in [0.1, 0.15) is 40.0 Å². The van der Waals surface area contributed by atoms with Gasteiger partial charge in [-0.3, -0.25) is 4.39 Å². The molecule has 1 heterocycles. The quantitative estimate of drug-likeness (QED) is 0.516. The molecule has 2 rings (SSSR count). The maximum absolute atomic E-state index is 13.9. The van der Waals surface area contributed by atoms with Gasteiger partial charge in [-0.25, -0.2) is 4.79 Å². The molecule has 21 heavy (non-hydrogen) atoms. The number of halogens is 4. The van der Waals surface area contributed by atoms with Gasteiger partial charge in [-0.15, -0.1) is 0 Å². The van der Waals surface area contributed by atoms with Crippen molar-refractivity contribution in [2.24, 2.45) is 5.41 Å². The Balaban J connectivity index is 0.00000220. The van der Waals surface area contributed by atoms with Crippen LogP contribution < -0.4 is 51.4 Å². The summed E-state index contributed by atoms with van der Waals surface area (Å²) >= 11 is 0. The molecule has 1 unspecified atom stereocenters. The molecular formula is C12H19BF4KNO2. The smallest absolute Gasteiger partial charge is 0.447 e. The maximum Gasteiger partial charge on any atom is 1.00 e. The third kappa shape index (κ3) is 3.79. The molecule has 9 heteroatoms. The van der Waals surface area contributed by atoms with Crippen molar-refractivity contribution in [3.05, 3.63) is 0 Å². The number of piperidine rings is 1. The molecule has 0 N–H and O–H groups in total. The van der Waals surface area contributed by atoms with E-state index >= 15 is 0 Å². The van der Waals surface area contributed by atoms with Gasteiger partial charge in [0, 0.05) is 13.1 Å². The summed E-state index contributed by atoms with van der Waals surface area (Å²) in [6, 6.07) is 0. The molecule has 2 aliphatic rings. The van der Waals surface area contributed by atoms with Gasteiger partial charge in [0.15, 0.2) is 0 Å². The Labute approximate surface area is 164 Å². The van der Waals surface area contributed by atoms with Gasteiger partial charge in [-0.2, -0.15) is 0 Å². The summed E-state index contributed by atoms with van der Waals surface area (Å²) in [7, 11) is 0. The molecular weight excluding hydrogens is 316 g/mol. The second kappa shape index (κ2) is 5.96. The fourth-order valence-corrected chi connectivity index (χ4v) is 2.95. The van der Waals surface area contributed by atoms with Crippen molar-refractivity contribution in [1.29, 1.82) is 0 Å². The van der Waals surface area contributed by atoms with Crippen LogP contribution in [0.3, 0.4) is 0 Å². The fourth-order valence-electron chi connectivity index (χ4n) is 2.95. The van der Waals surface area contributed by atoms with Crippen molar-refractivity contribution in [2.45, 2.75) is 51.2 Å². The van der Waals surface area contributed by atoms with Crippen molar-refractivity contribution in [2.75, 3.05) is 13.1 Å². The topological polar surface area (TPSA) is 29.5 Å². The minimum atomic E-state index is -5.48. The standard InChI is InChI=1S/C12H19BF4NO2.K/c1-10(2,3)20-9(19)18-6-4-11(5-7-18)8-12(11,14)13(15,16)17;/h4-8H2,1-3H3;/q-1;+1. The van der Waals surface area contributed by atoms with Gasteiger partial charge in [0.05, 0.1) is 5.57 Å². The van der Waals surface area contributed by atoms with Crippen molar-refractivity contribution in [1.82, 2.24) is 4.90 Å². The van der Waals surface area contributed by atoms with E-state index < -0.39 is 36.1 Å². The number of likely N-dealkylation sites (tertiary alicyclic amines) is 1. The summed E-state index contributed by atoms with van der Waals surface area (Å²) in [5.41, 5.74) is -4.96. The number of rotatable bonds is 1. The molecule has 1 aliphatic heterocycles. The first-order chi connectivity index (χ1) is 8.90. The van der Waals surface area contributed by atoms with E-state index in [4.69, 9.17) is 4.74 Å². The molecule has 1 aliphatic carbocycles. The zero-order valence-electron chi connectivity index (χ0n) is 12.9. The Morgan fingerprint density at radius 3 is 2.00 bits per heavy atom. The average molecular weight is 335 g/mol. The van der Waals surface area contributed by atoms with Crippen molar-refractivity contribution < 1.29 is 78.3 Å². The van der Waals surface area contributed by atoms with E-state index in [-0.39, 0.29) is 77.3 Å². The molecule has 0 aromatic rings. The minimum absolute atomic E-state index is 0. The Morgan fingerprint density at radius 2 is 1.67 bits per heavy atom. The van der Waals surface area contributed by atoms with E-state index in [9.17, 15) is 22.1 Å². The number of nitrogens with zero attached hydrogens (tertiary/aromatic N) is 1. The molecule has 2 fully saturated rings. The van der Waals surface area contributed by atoms with Gasteiger partial charge < -0.3 is 22.6 Å². The van der Waals surface area contributed by atoms with Crippen LogP contribution in [-0.4, -0.2) is 42.2 Å². The Hall–Kier alpha value is 0.691. The minimum Gasteiger partial charge on any atom is -0.447 e. The molecule has 3 nitrogen and oxygen atoms in total.